The van der Waals surface area contributed by atoms with E-state index in [0.29, 0.717) is 10.6 Å². The Labute approximate surface area is 128 Å². The van der Waals surface area contributed by atoms with Gasteiger partial charge in [0.15, 0.2) is 0 Å². The van der Waals surface area contributed by atoms with E-state index in [2.05, 4.69) is 4.84 Å². The van der Waals surface area contributed by atoms with Crippen LogP contribution in [0.1, 0.15) is 19.4 Å². The second-order valence-corrected chi connectivity index (χ2v) is 4.59. The maximum Gasteiger partial charge on any atom is 0.362 e. The van der Waals surface area contributed by atoms with Crippen molar-refractivity contribution in [3.63, 3.8) is 0 Å². The van der Waals surface area contributed by atoms with Crippen molar-refractivity contribution >= 4 is 11.9 Å². The van der Waals surface area contributed by atoms with Gasteiger partial charge in [0.05, 0.1) is 6.54 Å². The average molecular weight is 312 g/mol. The molecule has 22 heavy (non-hydrogen) atoms. The predicted molar refractivity (Wildman–Crippen MR) is 74.9 cm³/mol. The summed E-state index contributed by atoms with van der Waals surface area (Å²) in [5.41, 5.74) is -1.83. The van der Waals surface area contributed by atoms with Crippen LogP contribution in [0.25, 0.3) is 0 Å². The molecule has 1 rings (SSSR count). The summed E-state index contributed by atoms with van der Waals surface area (Å²) < 4.78 is 0. The lowest BCUT2D eigenvalue weighted by Gasteiger charge is -2.33. The number of carboxylic acids is 1. The number of hydrogen-bond acceptors (Lipinski definition) is 7. The highest BCUT2D eigenvalue weighted by molar-refractivity contribution is 6.04. The Balaban J connectivity index is 3.22. The number of benzene rings is 1. The monoisotopic (exact) mass is 312 g/mol. The standard InChI is InChI=1S/C14H20N2O6/c1-3-15(20)14(12(17)18,13(19)22-16(21)4-2)10-11-8-6-5-7-9-11/h5-9,20-21H,3-4,10H2,1-2H3,(H,17,18). The van der Waals surface area contributed by atoms with Crippen LogP contribution >= 0.6 is 0 Å². The van der Waals surface area contributed by atoms with Crippen molar-refractivity contribution in [2.24, 2.45) is 0 Å². The van der Waals surface area contributed by atoms with Crippen molar-refractivity contribution in [3.05, 3.63) is 35.9 Å². The van der Waals surface area contributed by atoms with Crippen LogP contribution in [0.5, 0.6) is 0 Å². The molecule has 8 nitrogen and oxygen atoms in total. The third kappa shape index (κ3) is 3.80. The van der Waals surface area contributed by atoms with Crippen LogP contribution in [0.15, 0.2) is 30.3 Å². The lowest BCUT2D eigenvalue weighted by Crippen LogP contribution is -2.62. The van der Waals surface area contributed by atoms with Gasteiger partial charge in [-0.05, 0) is 17.7 Å². The molecule has 1 aromatic rings. The fourth-order valence-electron chi connectivity index (χ4n) is 1.94. The molecule has 0 amide bonds. The van der Waals surface area contributed by atoms with Crippen LogP contribution in [-0.2, 0) is 20.8 Å². The molecule has 3 N–H and O–H groups in total. The van der Waals surface area contributed by atoms with E-state index in [1.54, 1.807) is 30.3 Å². The molecule has 8 heteroatoms. The highest BCUT2D eigenvalue weighted by atomic mass is 16.9. The Morgan fingerprint density at radius 1 is 1.14 bits per heavy atom. The van der Waals surface area contributed by atoms with Gasteiger partial charge in [0.1, 0.15) is 0 Å². The molecule has 0 aliphatic carbocycles. The zero-order valence-electron chi connectivity index (χ0n) is 12.5. The van der Waals surface area contributed by atoms with E-state index in [1.807, 2.05) is 0 Å². The first-order valence-electron chi connectivity index (χ1n) is 6.81. The Morgan fingerprint density at radius 2 is 1.73 bits per heavy atom. The molecule has 1 aromatic carbocycles. The first-order chi connectivity index (χ1) is 10.4. The van der Waals surface area contributed by atoms with Crippen molar-refractivity contribution in [2.45, 2.75) is 25.8 Å². The van der Waals surface area contributed by atoms with Crippen molar-refractivity contribution in [1.82, 2.24) is 10.3 Å². The van der Waals surface area contributed by atoms with Gasteiger partial charge in [0, 0.05) is 13.0 Å². The summed E-state index contributed by atoms with van der Waals surface area (Å²) >= 11 is 0. The Hall–Kier alpha value is -2.00. The number of nitrogens with zero attached hydrogens (tertiary/aromatic N) is 2. The van der Waals surface area contributed by atoms with Gasteiger partial charge in [0.25, 0.3) is 0 Å². The van der Waals surface area contributed by atoms with E-state index in [1.165, 1.54) is 13.8 Å². The van der Waals surface area contributed by atoms with Crippen LogP contribution in [-0.4, -0.2) is 56.4 Å². The van der Waals surface area contributed by atoms with Gasteiger partial charge >= 0.3 is 11.9 Å². The Kier molecular flexibility index (Phi) is 6.44. The number of carbonyl (C=O) groups is 2. The molecule has 122 valence electrons. The lowest BCUT2D eigenvalue weighted by molar-refractivity contribution is -0.324. The molecular weight excluding hydrogens is 292 g/mol. The largest absolute Gasteiger partial charge is 0.479 e. The first kappa shape index (κ1) is 18.1. The maximum absolute atomic E-state index is 12.3. The Bertz CT molecular complexity index is 509. The summed E-state index contributed by atoms with van der Waals surface area (Å²) in [5, 5.41) is 29.5. The van der Waals surface area contributed by atoms with Gasteiger partial charge in [-0.25, -0.2) is 9.59 Å². The van der Waals surface area contributed by atoms with Gasteiger partial charge in [-0.3, -0.25) is 5.21 Å². The van der Waals surface area contributed by atoms with Crippen molar-refractivity contribution in [1.29, 1.82) is 0 Å². The highest BCUT2D eigenvalue weighted by Gasteiger charge is 2.53. The van der Waals surface area contributed by atoms with Gasteiger partial charge in [-0.1, -0.05) is 37.3 Å². The summed E-state index contributed by atoms with van der Waals surface area (Å²) in [6.07, 6.45) is -0.316. The van der Waals surface area contributed by atoms with Crippen molar-refractivity contribution < 1.29 is 29.9 Å². The predicted octanol–water partition coefficient (Wildman–Crippen LogP) is 0.933. The van der Waals surface area contributed by atoms with Crippen molar-refractivity contribution in [2.75, 3.05) is 13.1 Å². The Morgan fingerprint density at radius 3 is 2.18 bits per heavy atom. The summed E-state index contributed by atoms with van der Waals surface area (Å²) in [6, 6.07) is 8.38. The minimum absolute atomic E-state index is 0.0513. The fourth-order valence-corrected chi connectivity index (χ4v) is 1.94. The third-order valence-electron chi connectivity index (χ3n) is 3.19. The van der Waals surface area contributed by atoms with E-state index in [9.17, 15) is 25.1 Å². The highest BCUT2D eigenvalue weighted by Crippen LogP contribution is 2.23. The molecule has 0 heterocycles. The number of likely N-dealkylation sites (N-methyl/N-ethyl adjacent to an activating group) is 1. The number of carboxylic acid groups (broad SMARTS) is 1. The van der Waals surface area contributed by atoms with Crippen LogP contribution in [0.3, 0.4) is 0 Å². The molecule has 0 bridgehead atoms. The van der Waals surface area contributed by atoms with E-state index >= 15 is 0 Å². The van der Waals surface area contributed by atoms with Gasteiger partial charge in [-0.2, -0.15) is 5.06 Å². The number of hydroxylamine groups is 4. The zero-order valence-corrected chi connectivity index (χ0v) is 12.5. The average Bonchev–Trinajstić information content (AvgIpc) is 2.52. The van der Waals surface area contributed by atoms with E-state index < -0.39 is 17.5 Å². The molecule has 0 radical (unpaired) electrons. The molecule has 0 aromatic heterocycles. The summed E-state index contributed by atoms with van der Waals surface area (Å²) in [7, 11) is 0. The smallest absolute Gasteiger partial charge is 0.362 e. The van der Waals surface area contributed by atoms with Crippen LogP contribution in [0.2, 0.25) is 0 Å². The molecule has 0 spiro atoms. The minimum Gasteiger partial charge on any atom is -0.479 e. The normalized spacial score (nSPS) is 13.9. The molecule has 0 aliphatic rings. The van der Waals surface area contributed by atoms with E-state index in [0.717, 1.165) is 0 Å². The molecular formula is C14H20N2O6. The quantitative estimate of drug-likeness (QED) is 0.480. The molecule has 0 saturated heterocycles. The van der Waals surface area contributed by atoms with Gasteiger partial charge in [0.2, 0.25) is 5.54 Å². The lowest BCUT2D eigenvalue weighted by atomic mass is 9.90. The SMILES string of the molecule is CCN(O)OC(=O)C(Cc1ccccc1)(C(=O)O)N(O)CC. The first-order valence-corrected chi connectivity index (χ1v) is 6.81. The van der Waals surface area contributed by atoms with E-state index in [4.69, 9.17) is 0 Å². The maximum atomic E-state index is 12.3. The molecule has 0 aliphatic heterocycles. The minimum atomic E-state index is -2.35. The molecule has 1 unspecified atom stereocenters. The second-order valence-electron chi connectivity index (χ2n) is 4.59. The fraction of sp³-hybridized carbons (Fsp3) is 0.429. The second kappa shape index (κ2) is 7.85. The van der Waals surface area contributed by atoms with Gasteiger partial charge < -0.3 is 15.2 Å². The zero-order chi connectivity index (χ0) is 16.8. The number of carbonyl (C=O) groups excluding carboxylic acids is 1. The summed E-state index contributed by atoms with van der Waals surface area (Å²) in [6.45, 7) is 2.83. The number of rotatable bonds is 8. The molecule has 0 fully saturated rings. The third-order valence-corrected chi connectivity index (χ3v) is 3.19. The van der Waals surface area contributed by atoms with Crippen LogP contribution in [0.4, 0.5) is 0 Å². The number of aliphatic carboxylic acids is 1. The van der Waals surface area contributed by atoms with Crippen molar-refractivity contribution in [3.8, 4) is 0 Å². The number of hydrogen-bond donors (Lipinski definition) is 3. The molecule has 1 atom stereocenters. The van der Waals surface area contributed by atoms with Crippen LogP contribution in [0, 0.1) is 0 Å². The van der Waals surface area contributed by atoms with E-state index in [-0.39, 0.29) is 24.7 Å². The van der Waals surface area contributed by atoms with Gasteiger partial charge in [-0.15, -0.1) is 0 Å². The summed E-state index contributed by atoms with van der Waals surface area (Å²) in [5.74, 6) is -2.85. The molecule has 0 saturated carbocycles. The van der Waals surface area contributed by atoms with Crippen LogP contribution < -0.4 is 0 Å². The topological polar surface area (TPSA) is 111 Å². The summed E-state index contributed by atoms with van der Waals surface area (Å²) in [4.78, 5) is 28.6.